The summed E-state index contributed by atoms with van der Waals surface area (Å²) in [5, 5.41) is 2.95. The van der Waals surface area contributed by atoms with Crippen LogP contribution in [0.5, 0.6) is 0 Å². The lowest BCUT2D eigenvalue weighted by molar-refractivity contribution is 0.0128. The molecular formula is C13H18BrF2NO. The number of anilines is 1. The van der Waals surface area contributed by atoms with Crippen molar-refractivity contribution in [1.29, 1.82) is 0 Å². The van der Waals surface area contributed by atoms with Gasteiger partial charge in [0.25, 0.3) is 0 Å². The van der Waals surface area contributed by atoms with Gasteiger partial charge in [-0.05, 0) is 49.2 Å². The summed E-state index contributed by atoms with van der Waals surface area (Å²) >= 11 is 2.94. The van der Waals surface area contributed by atoms with E-state index in [1.54, 1.807) is 7.11 Å². The maximum absolute atomic E-state index is 13.6. The largest absolute Gasteiger partial charge is 0.380 e. The van der Waals surface area contributed by atoms with Gasteiger partial charge in [-0.25, -0.2) is 8.78 Å². The highest BCUT2D eigenvalue weighted by molar-refractivity contribution is 9.10. The summed E-state index contributed by atoms with van der Waals surface area (Å²) in [6.45, 7) is 5.80. The van der Waals surface area contributed by atoms with Crippen molar-refractivity contribution in [1.82, 2.24) is 0 Å². The van der Waals surface area contributed by atoms with Crippen molar-refractivity contribution in [3.8, 4) is 0 Å². The Morgan fingerprint density at radius 1 is 1.33 bits per heavy atom. The number of nitrogens with one attached hydrogen (secondary N) is 1. The summed E-state index contributed by atoms with van der Waals surface area (Å²) in [5.41, 5.74) is -0.147. The average Bonchev–Trinajstić information content (AvgIpc) is 2.25. The van der Waals surface area contributed by atoms with Crippen LogP contribution in [-0.2, 0) is 4.74 Å². The van der Waals surface area contributed by atoms with Crippen molar-refractivity contribution >= 4 is 21.6 Å². The van der Waals surface area contributed by atoms with E-state index in [1.807, 2.05) is 20.8 Å². The van der Waals surface area contributed by atoms with E-state index in [2.05, 4.69) is 21.2 Å². The molecule has 18 heavy (non-hydrogen) atoms. The highest BCUT2D eigenvalue weighted by Gasteiger charge is 2.21. The third-order valence-electron chi connectivity index (χ3n) is 2.76. The molecule has 0 heterocycles. The van der Waals surface area contributed by atoms with E-state index in [0.29, 0.717) is 6.42 Å². The van der Waals surface area contributed by atoms with Gasteiger partial charge in [-0.15, -0.1) is 0 Å². The van der Waals surface area contributed by atoms with E-state index in [-0.39, 0.29) is 21.8 Å². The molecule has 0 bridgehead atoms. The lowest BCUT2D eigenvalue weighted by atomic mass is 9.99. The molecule has 0 amide bonds. The standard InChI is InChI=1S/C13H18BrF2NO/c1-8(7-13(2,3)18-4)17-12-6-10(15)9(14)5-11(12)16/h5-6,8,17H,7H2,1-4H3. The van der Waals surface area contributed by atoms with Crippen LogP contribution < -0.4 is 5.32 Å². The zero-order valence-corrected chi connectivity index (χ0v) is 12.6. The van der Waals surface area contributed by atoms with Crippen LogP contribution >= 0.6 is 15.9 Å². The topological polar surface area (TPSA) is 21.3 Å². The van der Waals surface area contributed by atoms with Crippen molar-refractivity contribution in [2.45, 2.75) is 38.8 Å². The van der Waals surface area contributed by atoms with Crippen molar-refractivity contribution in [3.63, 3.8) is 0 Å². The SMILES string of the molecule is COC(C)(C)CC(C)Nc1cc(F)c(Br)cc1F. The second kappa shape index (κ2) is 5.97. The Hall–Kier alpha value is -0.680. The molecule has 0 aliphatic heterocycles. The number of benzene rings is 1. The van der Waals surface area contributed by atoms with E-state index < -0.39 is 11.6 Å². The summed E-state index contributed by atoms with van der Waals surface area (Å²) in [4.78, 5) is 0. The number of hydrogen-bond donors (Lipinski definition) is 1. The maximum Gasteiger partial charge on any atom is 0.147 e. The fourth-order valence-corrected chi connectivity index (χ4v) is 2.09. The summed E-state index contributed by atoms with van der Waals surface area (Å²) < 4.78 is 32.4. The van der Waals surface area contributed by atoms with Crippen LogP contribution in [-0.4, -0.2) is 18.8 Å². The molecule has 102 valence electrons. The highest BCUT2D eigenvalue weighted by atomic mass is 79.9. The van der Waals surface area contributed by atoms with E-state index in [9.17, 15) is 8.78 Å². The Bertz CT molecular complexity index is 424. The monoisotopic (exact) mass is 321 g/mol. The second-order valence-corrected chi connectivity index (χ2v) is 5.81. The summed E-state index contributed by atoms with van der Waals surface area (Å²) in [6.07, 6.45) is 0.681. The number of ether oxygens (including phenoxy) is 1. The maximum atomic E-state index is 13.6. The molecule has 0 fully saturated rings. The molecule has 1 N–H and O–H groups in total. The predicted octanol–water partition coefficient (Wildman–Crippen LogP) is 4.34. The lowest BCUT2D eigenvalue weighted by Crippen LogP contribution is -2.31. The minimum atomic E-state index is -0.489. The molecule has 0 radical (unpaired) electrons. The molecule has 0 saturated heterocycles. The minimum Gasteiger partial charge on any atom is -0.380 e. The van der Waals surface area contributed by atoms with Gasteiger partial charge < -0.3 is 10.1 Å². The van der Waals surface area contributed by atoms with Gasteiger partial charge in [-0.3, -0.25) is 0 Å². The molecule has 0 aliphatic carbocycles. The van der Waals surface area contributed by atoms with Gasteiger partial charge in [-0.1, -0.05) is 0 Å². The van der Waals surface area contributed by atoms with E-state index in [1.165, 1.54) is 0 Å². The van der Waals surface area contributed by atoms with Gasteiger partial charge in [0, 0.05) is 19.2 Å². The molecular weight excluding hydrogens is 304 g/mol. The number of methoxy groups -OCH3 is 1. The Morgan fingerprint density at radius 2 is 1.94 bits per heavy atom. The molecule has 1 aromatic carbocycles. The smallest absolute Gasteiger partial charge is 0.147 e. The fraction of sp³-hybridized carbons (Fsp3) is 0.538. The lowest BCUT2D eigenvalue weighted by Gasteiger charge is -2.27. The van der Waals surface area contributed by atoms with Crippen molar-refractivity contribution < 1.29 is 13.5 Å². The van der Waals surface area contributed by atoms with Crippen molar-refractivity contribution in [2.24, 2.45) is 0 Å². The fourth-order valence-electron chi connectivity index (χ4n) is 1.77. The van der Waals surface area contributed by atoms with Gasteiger partial charge in [-0.2, -0.15) is 0 Å². The third-order valence-corrected chi connectivity index (χ3v) is 3.37. The van der Waals surface area contributed by atoms with Crippen LogP contribution in [0.4, 0.5) is 14.5 Å². The van der Waals surface area contributed by atoms with Crippen LogP contribution in [0.1, 0.15) is 27.2 Å². The highest BCUT2D eigenvalue weighted by Crippen LogP contribution is 2.25. The molecule has 5 heteroatoms. The molecule has 0 spiro atoms. The first kappa shape index (κ1) is 15.4. The molecule has 1 rings (SSSR count). The van der Waals surface area contributed by atoms with Crippen LogP contribution in [0.3, 0.4) is 0 Å². The minimum absolute atomic E-state index is 0.0324. The molecule has 1 atom stereocenters. The first-order valence-corrected chi connectivity index (χ1v) is 6.50. The van der Waals surface area contributed by atoms with E-state index in [0.717, 1.165) is 12.1 Å². The first-order chi connectivity index (χ1) is 8.25. The van der Waals surface area contributed by atoms with Crippen molar-refractivity contribution in [2.75, 3.05) is 12.4 Å². The molecule has 1 unspecified atom stereocenters. The zero-order chi connectivity index (χ0) is 13.9. The molecule has 1 aromatic rings. The summed E-state index contributed by atoms with van der Waals surface area (Å²) in [5.74, 6) is -0.970. The Morgan fingerprint density at radius 3 is 2.50 bits per heavy atom. The van der Waals surface area contributed by atoms with Gasteiger partial charge >= 0.3 is 0 Å². The quantitative estimate of drug-likeness (QED) is 0.814. The predicted molar refractivity (Wildman–Crippen MR) is 72.8 cm³/mol. The van der Waals surface area contributed by atoms with Crippen LogP contribution in [0.15, 0.2) is 16.6 Å². The van der Waals surface area contributed by atoms with Crippen LogP contribution in [0.25, 0.3) is 0 Å². The third kappa shape index (κ3) is 4.21. The second-order valence-electron chi connectivity index (χ2n) is 4.96. The molecule has 2 nitrogen and oxygen atoms in total. The van der Waals surface area contributed by atoms with Crippen LogP contribution in [0, 0.1) is 11.6 Å². The van der Waals surface area contributed by atoms with Crippen LogP contribution in [0.2, 0.25) is 0 Å². The first-order valence-electron chi connectivity index (χ1n) is 5.71. The molecule has 0 aliphatic rings. The molecule has 0 aromatic heterocycles. The van der Waals surface area contributed by atoms with Gasteiger partial charge in [0.2, 0.25) is 0 Å². The van der Waals surface area contributed by atoms with E-state index >= 15 is 0 Å². The Labute approximate surface area is 115 Å². The average molecular weight is 322 g/mol. The Balaban J connectivity index is 2.76. The number of halogens is 3. The summed E-state index contributed by atoms with van der Waals surface area (Å²) in [6, 6.07) is 2.23. The number of hydrogen-bond acceptors (Lipinski definition) is 2. The molecule has 0 saturated carbocycles. The zero-order valence-electron chi connectivity index (χ0n) is 11.0. The number of rotatable bonds is 5. The van der Waals surface area contributed by atoms with Gasteiger partial charge in [0.05, 0.1) is 15.8 Å². The van der Waals surface area contributed by atoms with Gasteiger partial charge in [0.1, 0.15) is 11.6 Å². The van der Waals surface area contributed by atoms with E-state index in [4.69, 9.17) is 4.74 Å². The van der Waals surface area contributed by atoms with Gasteiger partial charge in [0.15, 0.2) is 0 Å². The Kier molecular flexibility index (Phi) is 5.10. The summed E-state index contributed by atoms with van der Waals surface area (Å²) in [7, 11) is 1.63. The van der Waals surface area contributed by atoms with Crippen molar-refractivity contribution in [3.05, 3.63) is 28.2 Å². The normalized spacial score (nSPS) is 13.5.